The first-order valence-corrected chi connectivity index (χ1v) is 6.11. The van der Waals surface area contributed by atoms with E-state index in [4.69, 9.17) is 28.9 Å². The van der Waals surface area contributed by atoms with Gasteiger partial charge in [-0.15, -0.1) is 11.3 Å². The van der Waals surface area contributed by atoms with Crippen LogP contribution in [0.1, 0.15) is 16.5 Å². The average molecular weight is 276 g/mol. The summed E-state index contributed by atoms with van der Waals surface area (Å²) in [6.07, 6.45) is 0. The molecule has 0 aliphatic rings. The van der Waals surface area contributed by atoms with Gasteiger partial charge in [0.25, 0.3) is 0 Å². The van der Waals surface area contributed by atoms with Gasteiger partial charge < -0.3 is 5.73 Å². The minimum Gasteiger partial charge on any atom is -0.320 e. The van der Waals surface area contributed by atoms with Gasteiger partial charge in [0.1, 0.15) is 5.82 Å². The van der Waals surface area contributed by atoms with Crippen molar-refractivity contribution in [3.8, 4) is 0 Å². The molecule has 1 nitrogen and oxygen atoms in total. The highest BCUT2D eigenvalue weighted by Crippen LogP contribution is 2.31. The molecule has 0 aliphatic carbocycles. The zero-order valence-corrected chi connectivity index (χ0v) is 10.4. The molecule has 0 amide bonds. The maximum atomic E-state index is 13.6. The Hall–Kier alpha value is -0.610. The van der Waals surface area contributed by atoms with Crippen LogP contribution in [0.4, 0.5) is 4.39 Å². The van der Waals surface area contributed by atoms with Crippen molar-refractivity contribution in [1.82, 2.24) is 0 Å². The molecule has 1 heterocycles. The summed E-state index contributed by atoms with van der Waals surface area (Å²) in [6.45, 7) is 0. The van der Waals surface area contributed by atoms with Crippen LogP contribution in [0.5, 0.6) is 0 Å². The normalized spacial score (nSPS) is 12.8. The zero-order valence-electron chi connectivity index (χ0n) is 8.08. The molecular formula is C11H8Cl2FNS. The second-order valence-electron chi connectivity index (χ2n) is 3.29. The minimum atomic E-state index is -0.505. The lowest BCUT2D eigenvalue weighted by atomic mass is 10.1. The van der Waals surface area contributed by atoms with Gasteiger partial charge in [-0.05, 0) is 24.3 Å². The molecule has 0 spiro atoms. The zero-order chi connectivity index (χ0) is 11.7. The molecule has 16 heavy (non-hydrogen) atoms. The van der Waals surface area contributed by atoms with Gasteiger partial charge in [-0.1, -0.05) is 29.3 Å². The summed E-state index contributed by atoms with van der Waals surface area (Å²) in [5, 5.41) is 0.359. The van der Waals surface area contributed by atoms with Gasteiger partial charge in [0, 0.05) is 15.5 Å². The molecule has 0 radical (unpaired) electrons. The van der Waals surface area contributed by atoms with E-state index < -0.39 is 11.9 Å². The molecule has 2 aromatic rings. The van der Waals surface area contributed by atoms with Crippen LogP contribution in [0.2, 0.25) is 9.36 Å². The van der Waals surface area contributed by atoms with Crippen LogP contribution >= 0.6 is 34.5 Å². The van der Waals surface area contributed by atoms with Gasteiger partial charge in [-0.2, -0.15) is 0 Å². The Bertz CT molecular complexity index is 512. The van der Waals surface area contributed by atoms with E-state index in [0.717, 1.165) is 4.88 Å². The Morgan fingerprint density at radius 2 is 1.94 bits per heavy atom. The number of halogens is 3. The topological polar surface area (TPSA) is 26.0 Å². The van der Waals surface area contributed by atoms with Gasteiger partial charge in [0.05, 0.1) is 10.4 Å². The Morgan fingerprint density at radius 1 is 1.19 bits per heavy atom. The van der Waals surface area contributed by atoms with E-state index >= 15 is 0 Å². The van der Waals surface area contributed by atoms with Crippen molar-refractivity contribution < 1.29 is 4.39 Å². The molecule has 5 heteroatoms. The Morgan fingerprint density at radius 3 is 2.50 bits per heavy atom. The van der Waals surface area contributed by atoms with Gasteiger partial charge in [-0.25, -0.2) is 4.39 Å². The van der Waals surface area contributed by atoms with Gasteiger partial charge in [0.15, 0.2) is 0 Å². The van der Waals surface area contributed by atoms with Crippen LogP contribution in [0.15, 0.2) is 30.3 Å². The van der Waals surface area contributed by atoms with Gasteiger partial charge >= 0.3 is 0 Å². The fraction of sp³-hybridized carbons (Fsp3) is 0.0909. The lowest BCUT2D eigenvalue weighted by molar-refractivity contribution is 0.601. The number of nitrogens with two attached hydrogens (primary N) is 1. The molecule has 0 bridgehead atoms. The fourth-order valence-electron chi connectivity index (χ4n) is 1.40. The number of rotatable bonds is 2. The highest BCUT2D eigenvalue weighted by molar-refractivity contribution is 7.16. The molecule has 1 unspecified atom stereocenters. The molecule has 0 fully saturated rings. The van der Waals surface area contributed by atoms with Crippen molar-refractivity contribution in [2.75, 3.05) is 0 Å². The molecule has 0 aliphatic heterocycles. The third-order valence-electron chi connectivity index (χ3n) is 2.20. The number of benzene rings is 1. The van der Waals surface area contributed by atoms with Crippen LogP contribution in [0.25, 0.3) is 0 Å². The summed E-state index contributed by atoms with van der Waals surface area (Å²) in [7, 11) is 0. The number of thiophene rings is 1. The van der Waals surface area contributed by atoms with Crippen molar-refractivity contribution in [2.24, 2.45) is 5.73 Å². The predicted molar refractivity (Wildman–Crippen MR) is 66.8 cm³/mol. The van der Waals surface area contributed by atoms with E-state index in [-0.39, 0.29) is 0 Å². The summed E-state index contributed by atoms with van der Waals surface area (Å²) < 4.78 is 14.2. The van der Waals surface area contributed by atoms with Gasteiger partial charge in [-0.3, -0.25) is 0 Å². The van der Waals surface area contributed by atoms with Crippen LogP contribution in [0, 0.1) is 5.82 Å². The first kappa shape index (κ1) is 11.9. The molecule has 2 N–H and O–H groups in total. The van der Waals surface area contributed by atoms with Gasteiger partial charge in [0.2, 0.25) is 0 Å². The monoisotopic (exact) mass is 275 g/mol. The van der Waals surface area contributed by atoms with E-state index in [1.807, 2.05) is 0 Å². The quantitative estimate of drug-likeness (QED) is 0.872. The third-order valence-corrected chi connectivity index (χ3v) is 3.75. The second-order valence-corrected chi connectivity index (χ2v) is 5.47. The largest absolute Gasteiger partial charge is 0.320 e. The maximum absolute atomic E-state index is 13.6. The maximum Gasteiger partial charge on any atom is 0.129 e. The van der Waals surface area contributed by atoms with Crippen LogP contribution in [-0.2, 0) is 0 Å². The summed E-state index contributed by atoms with van der Waals surface area (Å²) in [6, 6.07) is 7.51. The van der Waals surface area contributed by atoms with Crippen LogP contribution in [-0.4, -0.2) is 0 Å². The smallest absolute Gasteiger partial charge is 0.129 e. The molecule has 1 atom stereocenters. The van der Waals surface area contributed by atoms with Crippen molar-refractivity contribution in [2.45, 2.75) is 6.04 Å². The number of hydrogen-bond acceptors (Lipinski definition) is 2. The summed E-state index contributed by atoms with van der Waals surface area (Å²) in [4.78, 5) is 0.825. The molecule has 2 rings (SSSR count). The minimum absolute atomic E-state index is 0.359. The Kier molecular flexibility index (Phi) is 3.50. The van der Waals surface area contributed by atoms with E-state index in [0.29, 0.717) is 14.9 Å². The van der Waals surface area contributed by atoms with E-state index in [2.05, 4.69) is 0 Å². The van der Waals surface area contributed by atoms with Crippen LogP contribution < -0.4 is 5.73 Å². The van der Waals surface area contributed by atoms with Crippen molar-refractivity contribution >= 4 is 34.5 Å². The highest BCUT2D eigenvalue weighted by atomic mass is 35.5. The second kappa shape index (κ2) is 4.72. The number of hydrogen-bond donors (Lipinski definition) is 1. The molecule has 1 aromatic heterocycles. The Labute approximate surface area is 107 Å². The third kappa shape index (κ3) is 2.38. The van der Waals surface area contributed by atoms with Crippen molar-refractivity contribution in [1.29, 1.82) is 0 Å². The standard InChI is InChI=1S/C11H8Cl2FNS/c12-6-1-2-7(8(14)5-6)11(15)9-3-4-10(13)16-9/h1-5,11H,15H2. The molecular weight excluding hydrogens is 268 g/mol. The molecule has 84 valence electrons. The van der Waals surface area contributed by atoms with Crippen molar-refractivity contribution in [3.63, 3.8) is 0 Å². The molecule has 0 saturated carbocycles. The summed E-state index contributed by atoms with van der Waals surface area (Å²) >= 11 is 12.8. The predicted octanol–water partition coefficient (Wildman–Crippen LogP) is 4.24. The van der Waals surface area contributed by atoms with E-state index in [1.165, 1.54) is 17.4 Å². The fourth-order valence-corrected chi connectivity index (χ4v) is 2.64. The summed E-state index contributed by atoms with van der Waals surface area (Å²) in [5.74, 6) is -0.399. The van der Waals surface area contributed by atoms with E-state index in [1.54, 1.807) is 24.3 Å². The first-order valence-electron chi connectivity index (χ1n) is 4.53. The molecule has 1 aromatic carbocycles. The first-order chi connectivity index (χ1) is 7.58. The lowest BCUT2D eigenvalue weighted by Crippen LogP contribution is -2.11. The lowest BCUT2D eigenvalue weighted by Gasteiger charge is -2.11. The van der Waals surface area contributed by atoms with Crippen molar-refractivity contribution in [3.05, 3.63) is 55.9 Å². The highest BCUT2D eigenvalue weighted by Gasteiger charge is 2.15. The molecule has 0 saturated heterocycles. The van der Waals surface area contributed by atoms with Crippen LogP contribution in [0.3, 0.4) is 0 Å². The van der Waals surface area contributed by atoms with E-state index in [9.17, 15) is 4.39 Å². The average Bonchev–Trinajstić information content (AvgIpc) is 2.64. The summed E-state index contributed by atoms with van der Waals surface area (Å²) in [5.41, 5.74) is 6.37. The Balaban J connectivity index is 2.37. The SMILES string of the molecule is NC(c1ccc(Cl)s1)c1ccc(Cl)cc1F.